The fourth-order valence-corrected chi connectivity index (χ4v) is 3.92. The Morgan fingerprint density at radius 3 is 2.81 bits per heavy atom. The fourth-order valence-electron chi connectivity index (χ4n) is 1.65. The summed E-state index contributed by atoms with van der Waals surface area (Å²) in [7, 11) is 0. The Morgan fingerprint density at radius 1 is 1.31 bits per heavy atom. The maximum Gasteiger partial charge on any atom is 0.0446 e. The summed E-state index contributed by atoms with van der Waals surface area (Å²) in [6.07, 6.45) is 3.18. The Morgan fingerprint density at radius 2 is 2.12 bits per heavy atom. The highest BCUT2D eigenvalue weighted by Crippen LogP contribution is 2.33. The van der Waals surface area contributed by atoms with Gasteiger partial charge in [0.25, 0.3) is 0 Å². The van der Waals surface area contributed by atoms with Gasteiger partial charge < -0.3 is 0 Å². The van der Waals surface area contributed by atoms with E-state index in [1.54, 1.807) is 11.3 Å². The maximum atomic E-state index is 3.79. The second-order valence-electron chi connectivity index (χ2n) is 3.55. The normalized spacial score (nSPS) is 12.6. The summed E-state index contributed by atoms with van der Waals surface area (Å²) in [5.41, 5.74) is 2.80. The lowest BCUT2D eigenvalue weighted by Gasteiger charge is -2.13. The summed E-state index contributed by atoms with van der Waals surface area (Å²) in [6, 6.07) is 10.8. The molecule has 0 aliphatic heterocycles. The number of benzene rings is 1. The van der Waals surface area contributed by atoms with Crippen molar-refractivity contribution in [1.82, 2.24) is 0 Å². The van der Waals surface area contributed by atoms with Crippen LogP contribution in [-0.4, -0.2) is 6.26 Å². The van der Waals surface area contributed by atoms with E-state index in [0.717, 1.165) is 6.42 Å². The predicted octanol–water partition coefficient (Wildman–Crippen LogP) is 5.15. The van der Waals surface area contributed by atoms with Crippen molar-refractivity contribution in [3.63, 3.8) is 0 Å². The standard InChI is InChI=1S/C13H13BrS2/c1-15-13-5-3-2-4-11(13)12(14)8-10-6-7-16-9-10/h2-7,9,12H,8H2,1H3. The van der Waals surface area contributed by atoms with Gasteiger partial charge >= 0.3 is 0 Å². The van der Waals surface area contributed by atoms with Crippen molar-refractivity contribution in [2.45, 2.75) is 16.1 Å². The van der Waals surface area contributed by atoms with E-state index in [0.29, 0.717) is 4.83 Å². The number of thioether (sulfide) groups is 1. The Bertz CT molecular complexity index is 437. The Labute approximate surface area is 113 Å². The number of hydrogen-bond acceptors (Lipinski definition) is 2. The van der Waals surface area contributed by atoms with Crippen LogP contribution in [0.5, 0.6) is 0 Å². The van der Waals surface area contributed by atoms with Crippen LogP contribution in [0.1, 0.15) is 16.0 Å². The van der Waals surface area contributed by atoms with Crippen LogP contribution in [0.25, 0.3) is 0 Å². The molecular weight excluding hydrogens is 300 g/mol. The lowest BCUT2D eigenvalue weighted by Crippen LogP contribution is -1.96. The molecule has 0 N–H and O–H groups in total. The second kappa shape index (κ2) is 5.89. The molecule has 0 fully saturated rings. The van der Waals surface area contributed by atoms with Crippen molar-refractivity contribution in [3.8, 4) is 0 Å². The van der Waals surface area contributed by atoms with E-state index in [-0.39, 0.29) is 0 Å². The number of rotatable bonds is 4. The van der Waals surface area contributed by atoms with Gasteiger partial charge in [0.05, 0.1) is 0 Å². The first-order chi connectivity index (χ1) is 7.81. The third-order valence-corrected chi connectivity index (χ3v) is 4.83. The van der Waals surface area contributed by atoms with E-state index in [2.05, 4.69) is 63.3 Å². The summed E-state index contributed by atoms with van der Waals surface area (Å²) in [5, 5.41) is 4.35. The molecule has 1 atom stereocenters. The summed E-state index contributed by atoms with van der Waals surface area (Å²) >= 11 is 7.36. The maximum absolute atomic E-state index is 3.79. The molecule has 0 radical (unpaired) electrons. The van der Waals surface area contributed by atoms with E-state index in [4.69, 9.17) is 0 Å². The molecule has 16 heavy (non-hydrogen) atoms. The van der Waals surface area contributed by atoms with Crippen LogP contribution >= 0.6 is 39.0 Å². The number of thiophene rings is 1. The molecule has 0 spiro atoms. The van der Waals surface area contributed by atoms with Crippen LogP contribution in [0, 0.1) is 0 Å². The van der Waals surface area contributed by atoms with Crippen LogP contribution in [0.3, 0.4) is 0 Å². The van der Waals surface area contributed by atoms with Gasteiger partial charge in [0.2, 0.25) is 0 Å². The third kappa shape index (κ3) is 2.90. The van der Waals surface area contributed by atoms with Gasteiger partial charge in [0, 0.05) is 9.72 Å². The van der Waals surface area contributed by atoms with E-state index >= 15 is 0 Å². The van der Waals surface area contributed by atoms with Gasteiger partial charge in [0.15, 0.2) is 0 Å². The Kier molecular flexibility index (Phi) is 4.50. The molecule has 0 saturated heterocycles. The lowest BCUT2D eigenvalue weighted by molar-refractivity contribution is 0.929. The van der Waals surface area contributed by atoms with Gasteiger partial charge in [-0.25, -0.2) is 0 Å². The molecule has 1 heterocycles. The van der Waals surface area contributed by atoms with Gasteiger partial charge in [-0.05, 0) is 46.7 Å². The van der Waals surface area contributed by atoms with E-state index in [9.17, 15) is 0 Å². The van der Waals surface area contributed by atoms with Crippen molar-refractivity contribution >= 4 is 39.0 Å². The van der Waals surface area contributed by atoms with Gasteiger partial charge in [-0.15, -0.1) is 11.8 Å². The first-order valence-electron chi connectivity index (χ1n) is 5.09. The molecule has 2 aromatic rings. The molecule has 0 aliphatic rings. The third-order valence-electron chi connectivity index (χ3n) is 2.47. The predicted molar refractivity (Wildman–Crippen MR) is 77.9 cm³/mol. The Hall–Kier alpha value is -0.250. The molecule has 0 amide bonds. The molecule has 3 heteroatoms. The van der Waals surface area contributed by atoms with Crippen LogP contribution < -0.4 is 0 Å². The highest BCUT2D eigenvalue weighted by molar-refractivity contribution is 9.09. The topological polar surface area (TPSA) is 0 Å². The van der Waals surface area contributed by atoms with Crippen molar-refractivity contribution in [3.05, 3.63) is 52.2 Å². The summed E-state index contributed by atoms with van der Waals surface area (Å²) < 4.78 is 0. The summed E-state index contributed by atoms with van der Waals surface area (Å²) in [4.78, 5) is 1.77. The van der Waals surface area contributed by atoms with Gasteiger partial charge in [0.1, 0.15) is 0 Å². The minimum absolute atomic E-state index is 0.408. The zero-order valence-corrected chi connectivity index (χ0v) is 12.2. The van der Waals surface area contributed by atoms with E-state index in [1.165, 1.54) is 16.0 Å². The molecule has 1 aromatic carbocycles. The molecule has 1 aromatic heterocycles. The zero-order valence-electron chi connectivity index (χ0n) is 9.02. The number of halogens is 1. The number of hydrogen-bond donors (Lipinski definition) is 0. The summed E-state index contributed by atoms with van der Waals surface area (Å²) in [6.45, 7) is 0. The molecule has 0 bridgehead atoms. The largest absolute Gasteiger partial charge is 0.152 e. The van der Waals surface area contributed by atoms with Gasteiger partial charge in [-0.2, -0.15) is 11.3 Å². The van der Waals surface area contributed by atoms with Crippen LogP contribution in [0.4, 0.5) is 0 Å². The van der Waals surface area contributed by atoms with E-state index < -0.39 is 0 Å². The number of alkyl halides is 1. The minimum Gasteiger partial charge on any atom is -0.152 e. The lowest BCUT2D eigenvalue weighted by atomic mass is 10.1. The summed E-state index contributed by atoms with van der Waals surface area (Å²) in [5.74, 6) is 0. The van der Waals surface area contributed by atoms with E-state index in [1.807, 2.05) is 11.8 Å². The van der Waals surface area contributed by atoms with Crippen molar-refractivity contribution in [2.24, 2.45) is 0 Å². The molecule has 1 unspecified atom stereocenters. The molecular formula is C13H13BrS2. The molecule has 0 aliphatic carbocycles. The first-order valence-corrected chi connectivity index (χ1v) is 8.17. The van der Waals surface area contributed by atoms with Crippen LogP contribution in [-0.2, 0) is 6.42 Å². The monoisotopic (exact) mass is 312 g/mol. The van der Waals surface area contributed by atoms with Crippen molar-refractivity contribution < 1.29 is 0 Å². The Balaban J connectivity index is 2.17. The second-order valence-corrected chi connectivity index (χ2v) is 6.28. The SMILES string of the molecule is CSc1ccccc1C(Br)Cc1ccsc1. The average molecular weight is 313 g/mol. The highest BCUT2D eigenvalue weighted by atomic mass is 79.9. The molecule has 0 saturated carbocycles. The van der Waals surface area contributed by atoms with Crippen LogP contribution in [0.15, 0.2) is 46.0 Å². The fraction of sp³-hybridized carbons (Fsp3) is 0.231. The van der Waals surface area contributed by atoms with Gasteiger partial charge in [-0.1, -0.05) is 34.1 Å². The molecule has 0 nitrogen and oxygen atoms in total. The quantitative estimate of drug-likeness (QED) is 0.556. The van der Waals surface area contributed by atoms with Crippen molar-refractivity contribution in [2.75, 3.05) is 6.26 Å². The smallest absolute Gasteiger partial charge is 0.0446 e. The average Bonchev–Trinajstić information content (AvgIpc) is 2.81. The first kappa shape index (κ1) is 12.2. The van der Waals surface area contributed by atoms with Gasteiger partial charge in [-0.3, -0.25) is 0 Å². The van der Waals surface area contributed by atoms with Crippen molar-refractivity contribution in [1.29, 1.82) is 0 Å². The molecule has 2 rings (SSSR count). The molecule has 84 valence electrons. The minimum atomic E-state index is 0.408. The highest BCUT2D eigenvalue weighted by Gasteiger charge is 2.12. The zero-order chi connectivity index (χ0) is 11.4. The van der Waals surface area contributed by atoms with Crippen LogP contribution in [0.2, 0.25) is 0 Å².